The molecule has 6 nitrogen and oxygen atoms in total. The zero-order chi connectivity index (χ0) is 11.4. The number of carbonyl (C=O) groups excluding carboxylic acids is 1. The molecule has 0 atom stereocenters. The Morgan fingerprint density at radius 3 is 2.47 bits per heavy atom. The van der Waals surface area contributed by atoms with E-state index >= 15 is 0 Å². The van der Waals surface area contributed by atoms with E-state index in [0.717, 1.165) is 12.8 Å². The van der Waals surface area contributed by atoms with E-state index in [4.69, 9.17) is 10.8 Å². The highest BCUT2D eigenvalue weighted by molar-refractivity contribution is 5.79. The number of nitrogens with zero attached hydrogens (tertiary/aromatic N) is 2. The van der Waals surface area contributed by atoms with Crippen LogP contribution in [0.5, 0.6) is 0 Å². The molecule has 3 N–H and O–H groups in total. The van der Waals surface area contributed by atoms with Crippen LogP contribution < -0.4 is 5.73 Å². The van der Waals surface area contributed by atoms with E-state index in [1.54, 1.807) is 4.90 Å². The molecular weight excluding hydrogens is 198 g/mol. The van der Waals surface area contributed by atoms with Crippen LogP contribution in [0, 0.1) is 0 Å². The van der Waals surface area contributed by atoms with Gasteiger partial charge in [-0.25, -0.2) is 4.79 Å². The van der Waals surface area contributed by atoms with Gasteiger partial charge < -0.3 is 20.6 Å². The highest BCUT2D eigenvalue weighted by atomic mass is 16.4. The molecule has 0 saturated carbocycles. The number of carboxylic acids is 1. The number of carboxylic acid groups (broad SMARTS) is 1. The van der Waals surface area contributed by atoms with Gasteiger partial charge in [-0.3, -0.25) is 4.79 Å². The standard InChI is InChI=1S/C9H17N3O3/c1-11(6-8(13)14)9(15)12-4-2-7(10)3-5-12/h7H,2-6,10H2,1H3,(H,13,14). The van der Waals surface area contributed by atoms with Gasteiger partial charge in [-0.15, -0.1) is 0 Å². The smallest absolute Gasteiger partial charge is 0.323 e. The maximum Gasteiger partial charge on any atom is 0.323 e. The van der Waals surface area contributed by atoms with Crippen LogP contribution in [0.3, 0.4) is 0 Å². The molecule has 86 valence electrons. The number of carbonyl (C=O) groups is 2. The number of hydrogen-bond donors (Lipinski definition) is 2. The summed E-state index contributed by atoms with van der Waals surface area (Å²) in [5.41, 5.74) is 5.71. The average Bonchev–Trinajstić information content (AvgIpc) is 2.17. The molecule has 15 heavy (non-hydrogen) atoms. The van der Waals surface area contributed by atoms with Gasteiger partial charge in [0.1, 0.15) is 6.54 Å². The molecule has 0 aromatic heterocycles. The fourth-order valence-electron chi connectivity index (χ4n) is 1.60. The molecule has 1 heterocycles. The second-order valence-corrected chi connectivity index (χ2v) is 3.86. The first-order chi connectivity index (χ1) is 7.00. The third-order valence-corrected chi connectivity index (χ3v) is 2.51. The number of piperidine rings is 1. The second kappa shape index (κ2) is 4.97. The van der Waals surface area contributed by atoms with Gasteiger partial charge in [0, 0.05) is 26.2 Å². The van der Waals surface area contributed by atoms with Crippen molar-refractivity contribution in [3.05, 3.63) is 0 Å². The Morgan fingerprint density at radius 2 is 2.00 bits per heavy atom. The molecule has 6 heteroatoms. The Bertz CT molecular complexity index is 249. The van der Waals surface area contributed by atoms with Crippen LogP contribution in [0.2, 0.25) is 0 Å². The summed E-state index contributed by atoms with van der Waals surface area (Å²) in [7, 11) is 1.49. The van der Waals surface area contributed by atoms with Crippen molar-refractivity contribution in [3.8, 4) is 0 Å². The molecule has 2 amide bonds. The molecule has 0 aromatic rings. The molecule has 1 saturated heterocycles. The molecule has 0 radical (unpaired) electrons. The topological polar surface area (TPSA) is 86.9 Å². The highest BCUT2D eigenvalue weighted by Crippen LogP contribution is 2.09. The molecular formula is C9H17N3O3. The summed E-state index contributed by atoms with van der Waals surface area (Å²) < 4.78 is 0. The number of rotatable bonds is 2. The summed E-state index contributed by atoms with van der Waals surface area (Å²) in [5, 5.41) is 8.54. The van der Waals surface area contributed by atoms with Crippen LogP contribution in [0.15, 0.2) is 0 Å². The summed E-state index contributed by atoms with van der Waals surface area (Å²) in [6.45, 7) is 0.968. The lowest BCUT2D eigenvalue weighted by Gasteiger charge is -2.32. The number of amides is 2. The minimum Gasteiger partial charge on any atom is -0.480 e. The van der Waals surface area contributed by atoms with Gasteiger partial charge in [-0.2, -0.15) is 0 Å². The van der Waals surface area contributed by atoms with Crippen molar-refractivity contribution in [1.82, 2.24) is 9.80 Å². The largest absolute Gasteiger partial charge is 0.480 e. The van der Waals surface area contributed by atoms with E-state index in [9.17, 15) is 9.59 Å². The van der Waals surface area contributed by atoms with E-state index in [0.29, 0.717) is 13.1 Å². The molecule has 0 aromatic carbocycles. The van der Waals surface area contributed by atoms with E-state index < -0.39 is 5.97 Å². The predicted octanol–water partition coefficient (Wildman–Crippen LogP) is -0.454. The van der Waals surface area contributed by atoms with Crippen molar-refractivity contribution >= 4 is 12.0 Å². The van der Waals surface area contributed by atoms with Crippen LogP contribution in [-0.2, 0) is 4.79 Å². The van der Waals surface area contributed by atoms with Gasteiger partial charge >= 0.3 is 12.0 Å². The first kappa shape index (κ1) is 11.8. The molecule has 1 fully saturated rings. The van der Waals surface area contributed by atoms with Crippen molar-refractivity contribution in [2.24, 2.45) is 5.73 Å². The number of nitrogens with two attached hydrogens (primary N) is 1. The van der Waals surface area contributed by atoms with Crippen molar-refractivity contribution in [3.63, 3.8) is 0 Å². The van der Waals surface area contributed by atoms with Gasteiger partial charge in [0.15, 0.2) is 0 Å². The van der Waals surface area contributed by atoms with E-state index in [2.05, 4.69) is 0 Å². The molecule has 0 unspecified atom stereocenters. The van der Waals surface area contributed by atoms with Gasteiger partial charge in [0.25, 0.3) is 0 Å². The number of likely N-dealkylation sites (N-methyl/N-ethyl adjacent to an activating group) is 1. The van der Waals surface area contributed by atoms with Gasteiger partial charge in [-0.05, 0) is 12.8 Å². The fraction of sp³-hybridized carbons (Fsp3) is 0.778. The number of likely N-dealkylation sites (tertiary alicyclic amines) is 1. The monoisotopic (exact) mass is 215 g/mol. The SMILES string of the molecule is CN(CC(=O)O)C(=O)N1CCC(N)CC1. The Labute approximate surface area is 88.6 Å². The first-order valence-electron chi connectivity index (χ1n) is 4.98. The Balaban J connectivity index is 2.42. The van der Waals surface area contributed by atoms with Crippen LogP contribution in [-0.4, -0.2) is 59.6 Å². The summed E-state index contributed by atoms with van der Waals surface area (Å²) >= 11 is 0. The minimum absolute atomic E-state index is 0.166. The summed E-state index contributed by atoms with van der Waals surface area (Å²) in [5.74, 6) is -1.00. The zero-order valence-corrected chi connectivity index (χ0v) is 8.85. The number of aliphatic carboxylic acids is 1. The Morgan fingerprint density at radius 1 is 1.47 bits per heavy atom. The summed E-state index contributed by atoms with van der Waals surface area (Å²) in [6.07, 6.45) is 1.57. The quantitative estimate of drug-likeness (QED) is 0.653. The molecule has 1 aliphatic heterocycles. The lowest BCUT2D eigenvalue weighted by molar-refractivity contribution is -0.137. The molecule has 1 rings (SSSR count). The highest BCUT2D eigenvalue weighted by Gasteiger charge is 2.23. The van der Waals surface area contributed by atoms with Crippen LogP contribution in [0.25, 0.3) is 0 Å². The normalized spacial score (nSPS) is 17.6. The van der Waals surface area contributed by atoms with Crippen molar-refractivity contribution < 1.29 is 14.7 Å². The minimum atomic E-state index is -1.00. The molecule has 0 aliphatic carbocycles. The van der Waals surface area contributed by atoms with Gasteiger partial charge in [-0.1, -0.05) is 0 Å². The maximum absolute atomic E-state index is 11.7. The zero-order valence-electron chi connectivity index (χ0n) is 8.85. The summed E-state index contributed by atoms with van der Waals surface area (Å²) in [6, 6.07) is -0.0665. The molecule has 1 aliphatic rings. The Kier molecular flexibility index (Phi) is 3.90. The molecule has 0 bridgehead atoms. The Hall–Kier alpha value is -1.30. The third kappa shape index (κ3) is 3.39. The molecule has 0 spiro atoms. The van der Waals surface area contributed by atoms with Gasteiger partial charge in [0.2, 0.25) is 0 Å². The third-order valence-electron chi connectivity index (χ3n) is 2.51. The van der Waals surface area contributed by atoms with Crippen molar-refractivity contribution in [2.45, 2.75) is 18.9 Å². The fourth-order valence-corrected chi connectivity index (χ4v) is 1.60. The van der Waals surface area contributed by atoms with E-state index in [1.807, 2.05) is 0 Å². The number of hydrogen-bond acceptors (Lipinski definition) is 3. The average molecular weight is 215 g/mol. The van der Waals surface area contributed by atoms with E-state index in [1.165, 1.54) is 11.9 Å². The van der Waals surface area contributed by atoms with Crippen LogP contribution in [0.4, 0.5) is 4.79 Å². The lowest BCUT2D eigenvalue weighted by Crippen LogP contribution is -2.48. The summed E-state index contributed by atoms with van der Waals surface area (Å²) in [4.78, 5) is 25.0. The lowest BCUT2D eigenvalue weighted by atomic mass is 10.1. The van der Waals surface area contributed by atoms with Gasteiger partial charge in [0.05, 0.1) is 0 Å². The second-order valence-electron chi connectivity index (χ2n) is 3.86. The number of urea groups is 1. The predicted molar refractivity (Wildman–Crippen MR) is 54.4 cm³/mol. The van der Waals surface area contributed by atoms with E-state index in [-0.39, 0.29) is 18.6 Å². The van der Waals surface area contributed by atoms with Crippen molar-refractivity contribution in [2.75, 3.05) is 26.7 Å². The first-order valence-corrected chi connectivity index (χ1v) is 4.98. The van der Waals surface area contributed by atoms with Crippen molar-refractivity contribution in [1.29, 1.82) is 0 Å². The van der Waals surface area contributed by atoms with Crippen LogP contribution in [0.1, 0.15) is 12.8 Å². The van der Waals surface area contributed by atoms with Crippen LogP contribution >= 0.6 is 0 Å². The maximum atomic E-state index is 11.7.